The molecule has 0 amide bonds. The fourth-order valence-corrected chi connectivity index (χ4v) is 3.25. The molecule has 0 fully saturated rings. The number of halogens is 2. The van der Waals surface area contributed by atoms with E-state index in [1.165, 1.54) is 0 Å². The summed E-state index contributed by atoms with van der Waals surface area (Å²) in [5, 5.41) is 0. The Labute approximate surface area is 70.4 Å². The van der Waals surface area contributed by atoms with Gasteiger partial charge in [0.05, 0.1) is 0 Å². The fraction of sp³-hybridized carbons (Fsp3) is 1.00. The van der Waals surface area contributed by atoms with E-state index in [1.807, 2.05) is 0 Å². The molecule has 0 bridgehead atoms. The third-order valence-corrected chi connectivity index (χ3v) is 5.83. The number of nitrogens with one attached hydrogen (secondary N) is 1. The molecule has 9 heavy (non-hydrogen) atoms. The molecule has 5 heteroatoms. The van der Waals surface area contributed by atoms with Gasteiger partial charge in [-0.25, -0.2) is 0 Å². The zero-order chi connectivity index (χ0) is 7.11. The Morgan fingerprint density at radius 3 is 2.78 bits per heavy atom. The number of hydrogen-bond donors (Lipinski definition) is 1. The van der Waals surface area contributed by atoms with Crippen LogP contribution in [0.25, 0.3) is 0 Å². The molecule has 0 aromatic rings. The zero-order valence-electron chi connectivity index (χ0n) is 5.38. The van der Waals surface area contributed by atoms with Crippen molar-refractivity contribution in [1.82, 2.24) is 4.65 Å². The van der Waals surface area contributed by atoms with Crippen LogP contribution in [-0.4, -0.2) is 23.8 Å². The zero-order valence-corrected chi connectivity index (χ0v) is 8.89. The van der Waals surface area contributed by atoms with E-state index in [0.29, 0.717) is 0 Å². The molecular weight excluding hydrogens is 189 g/mol. The van der Waals surface area contributed by atoms with Crippen molar-refractivity contribution in [3.63, 3.8) is 0 Å². The van der Waals surface area contributed by atoms with E-state index in [-0.39, 0.29) is 0 Å². The Morgan fingerprint density at radius 1 is 1.67 bits per heavy atom. The van der Waals surface area contributed by atoms with Gasteiger partial charge in [-0.15, -0.1) is 22.7 Å². The van der Waals surface area contributed by atoms with Crippen molar-refractivity contribution >= 4 is 40.6 Å². The van der Waals surface area contributed by atoms with Crippen LogP contribution >= 0.6 is 22.7 Å². The molecule has 0 aliphatic heterocycles. The molecule has 0 rings (SSSR count). The van der Waals surface area contributed by atoms with Crippen molar-refractivity contribution < 1.29 is 0 Å². The van der Waals surface area contributed by atoms with E-state index in [0.717, 1.165) is 27.6 Å². The summed E-state index contributed by atoms with van der Waals surface area (Å²) in [7, 11) is 0.0253. The molecule has 0 heterocycles. The van der Waals surface area contributed by atoms with Crippen LogP contribution < -0.4 is 4.65 Å². The van der Waals surface area contributed by atoms with Crippen molar-refractivity contribution in [2.45, 2.75) is 19.0 Å². The van der Waals surface area contributed by atoms with E-state index in [9.17, 15) is 0 Å². The first-order chi connectivity index (χ1) is 4.31. The molecule has 0 unspecified atom stereocenters. The molecule has 0 aliphatic carbocycles. The average molecular weight is 199 g/mol. The Bertz CT molecular complexity index is 64.5. The number of hydrogen-bond acceptors (Lipinski definition) is 1. The van der Waals surface area contributed by atoms with Crippen LogP contribution in [0.3, 0.4) is 0 Å². The third kappa shape index (κ3) is 6.86. The topological polar surface area (TPSA) is 12.0 Å². The summed E-state index contributed by atoms with van der Waals surface area (Å²) in [5.74, 6) is 0.737. The van der Waals surface area contributed by atoms with Crippen LogP contribution in [0, 0.1) is 0 Å². The smallest absolute Gasteiger partial charge is 0.241 e. The van der Waals surface area contributed by atoms with Crippen LogP contribution in [0.4, 0.5) is 0 Å². The molecule has 0 atom stereocenters. The van der Waals surface area contributed by atoms with Gasteiger partial charge in [-0.05, 0) is 12.1 Å². The van der Waals surface area contributed by atoms with Gasteiger partial charge in [-0.2, -0.15) is 0 Å². The van der Waals surface area contributed by atoms with Crippen LogP contribution in [0.2, 0.25) is 12.1 Å². The van der Waals surface area contributed by atoms with E-state index in [4.69, 9.17) is 22.7 Å². The lowest BCUT2D eigenvalue weighted by molar-refractivity contribution is 1.33. The summed E-state index contributed by atoms with van der Waals surface area (Å²) in [6.07, 6.45) is 0. The van der Waals surface area contributed by atoms with Gasteiger partial charge < -0.3 is 4.65 Å². The summed E-state index contributed by atoms with van der Waals surface area (Å²) in [4.78, 5) is 0. The monoisotopic (exact) mass is 198 g/mol. The summed E-state index contributed by atoms with van der Waals surface area (Å²) in [6, 6.07) is 2.12. The Hall–Kier alpha value is 0.974. The highest BCUT2D eigenvalue weighted by Gasteiger charge is 2.02. The first-order valence-electron chi connectivity index (χ1n) is 2.87. The van der Waals surface area contributed by atoms with Gasteiger partial charge in [-0.1, -0.05) is 6.92 Å². The Morgan fingerprint density at radius 2 is 2.33 bits per heavy atom. The van der Waals surface area contributed by atoms with Crippen molar-refractivity contribution in [2.75, 3.05) is 5.88 Å². The van der Waals surface area contributed by atoms with Gasteiger partial charge >= 0.3 is 0 Å². The largest absolute Gasteiger partial charge is 0.349 e. The van der Waals surface area contributed by atoms with Crippen molar-refractivity contribution in [3.8, 4) is 0 Å². The average Bonchev–Trinajstić information content (AvgIpc) is 1.89. The second-order valence-electron chi connectivity index (χ2n) is 1.50. The normalized spacial score (nSPS) is 10.7. The maximum Gasteiger partial charge on any atom is 0.241 e. The highest BCUT2D eigenvalue weighted by atomic mass is 35.6. The predicted molar refractivity (Wildman–Crippen MR) is 46.5 cm³/mol. The van der Waals surface area contributed by atoms with Crippen molar-refractivity contribution in [2.24, 2.45) is 0 Å². The molecule has 0 aromatic carbocycles. The lowest BCUT2D eigenvalue weighted by Gasteiger charge is -2.02. The molecule has 3 radical (unpaired) electrons. The first kappa shape index (κ1) is 9.97. The van der Waals surface area contributed by atoms with Crippen LogP contribution in [0.1, 0.15) is 6.92 Å². The quantitative estimate of drug-likeness (QED) is 0.307. The summed E-state index contributed by atoms with van der Waals surface area (Å²) in [5.41, 5.74) is 0. The fourth-order valence-electron chi connectivity index (χ4n) is 0.294. The minimum Gasteiger partial charge on any atom is -0.349 e. The SMILES string of the molecule is CC[Si](Cl)N[Si]CCCl. The van der Waals surface area contributed by atoms with Crippen molar-refractivity contribution in [3.05, 3.63) is 0 Å². The van der Waals surface area contributed by atoms with Gasteiger partial charge in [0.1, 0.15) is 9.68 Å². The molecule has 1 N–H and O–H groups in total. The lowest BCUT2D eigenvalue weighted by Crippen LogP contribution is -2.31. The summed E-state index contributed by atoms with van der Waals surface area (Å²) < 4.78 is 3.24. The maximum atomic E-state index is 5.86. The Kier molecular flexibility index (Phi) is 7.85. The van der Waals surface area contributed by atoms with Crippen LogP contribution in [0.5, 0.6) is 0 Å². The highest BCUT2D eigenvalue weighted by molar-refractivity contribution is 7.07. The van der Waals surface area contributed by atoms with Gasteiger partial charge in [0, 0.05) is 5.88 Å². The third-order valence-electron chi connectivity index (χ3n) is 0.754. The molecule has 0 aromatic heterocycles. The van der Waals surface area contributed by atoms with Crippen LogP contribution in [-0.2, 0) is 0 Å². The Balaban J connectivity index is 2.88. The number of rotatable bonds is 5. The van der Waals surface area contributed by atoms with E-state index in [1.54, 1.807) is 0 Å². The van der Waals surface area contributed by atoms with Gasteiger partial charge in [0.25, 0.3) is 0 Å². The van der Waals surface area contributed by atoms with E-state index >= 15 is 0 Å². The first-order valence-corrected chi connectivity index (χ1v) is 7.33. The van der Waals surface area contributed by atoms with E-state index < -0.39 is 8.27 Å². The maximum absolute atomic E-state index is 5.86. The molecule has 0 spiro atoms. The highest BCUT2D eigenvalue weighted by Crippen LogP contribution is 1.91. The van der Waals surface area contributed by atoms with Crippen molar-refractivity contribution in [1.29, 1.82) is 0 Å². The minimum atomic E-state index is -0.726. The van der Waals surface area contributed by atoms with E-state index in [2.05, 4.69) is 11.6 Å². The van der Waals surface area contributed by atoms with Gasteiger partial charge in [0.15, 0.2) is 0 Å². The lowest BCUT2D eigenvalue weighted by atomic mass is 11.0. The molecule has 53 valence electrons. The predicted octanol–water partition coefficient (Wildman–Crippen LogP) is 1.60. The minimum absolute atomic E-state index is 0.726. The second-order valence-corrected chi connectivity index (χ2v) is 6.62. The second kappa shape index (κ2) is 7.09. The van der Waals surface area contributed by atoms with Gasteiger partial charge in [0.2, 0.25) is 8.27 Å². The number of alkyl halides is 1. The summed E-state index contributed by atoms with van der Waals surface area (Å²) in [6.45, 7) is 2.10. The summed E-state index contributed by atoms with van der Waals surface area (Å²) >= 11 is 11.3. The van der Waals surface area contributed by atoms with Gasteiger partial charge in [-0.3, -0.25) is 0 Å². The molecule has 0 aliphatic rings. The van der Waals surface area contributed by atoms with Crippen LogP contribution in [0.15, 0.2) is 0 Å². The molecule has 0 saturated heterocycles. The molecule has 1 nitrogen and oxygen atoms in total. The molecular formula is C4H10Cl2NSi2. The standard InChI is InChI=1S/C4H10Cl2NSi2/c1-2-9(6)7-8-4-3-5/h7H,2-4H2,1H3. The molecule has 0 saturated carbocycles.